The molecule has 3 N–H and O–H groups in total. The molecule has 0 bridgehead atoms. The Labute approximate surface area is 95.6 Å². The van der Waals surface area contributed by atoms with Crippen LogP contribution in [0.5, 0.6) is 5.75 Å². The summed E-state index contributed by atoms with van der Waals surface area (Å²) in [6.45, 7) is -0.808. The molecule has 1 aromatic rings. The molecular formula is C10H12F4N2O. The van der Waals surface area contributed by atoms with Crippen LogP contribution >= 0.6 is 0 Å². The lowest BCUT2D eigenvalue weighted by Gasteiger charge is -2.14. The maximum absolute atomic E-state index is 12.9. The van der Waals surface area contributed by atoms with Crippen LogP contribution in [0.1, 0.15) is 0 Å². The summed E-state index contributed by atoms with van der Waals surface area (Å²) < 4.78 is 53.3. The van der Waals surface area contributed by atoms with Gasteiger partial charge in [-0.3, -0.25) is 0 Å². The Morgan fingerprint density at radius 1 is 1.29 bits per heavy atom. The average molecular weight is 252 g/mol. The molecule has 0 amide bonds. The van der Waals surface area contributed by atoms with E-state index in [9.17, 15) is 17.6 Å². The van der Waals surface area contributed by atoms with E-state index in [1.807, 2.05) is 0 Å². The number of anilines is 1. The van der Waals surface area contributed by atoms with E-state index in [4.69, 9.17) is 5.73 Å². The molecule has 0 atom stereocenters. The van der Waals surface area contributed by atoms with Crippen LogP contribution in [0.25, 0.3) is 0 Å². The summed E-state index contributed by atoms with van der Waals surface area (Å²) in [5, 5.41) is 2.74. The van der Waals surface area contributed by atoms with Crippen LogP contribution in [-0.4, -0.2) is 25.9 Å². The van der Waals surface area contributed by atoms with E-state index in [1.165, 1.54) is 6.07 Å². The van der Waals surface area contributed by atoms with E-state index in [2.05, 4.69) is 10.1 Å². The van der Waals surface area contributed by atoms with Crippen molar-refractivity contribution in [1.29, 1.82) is 0 Å². The highest BCUT2D eigenvalue weighted by atomic mass is 19.4. The quantitative estimate of drug-likeness (QED) is 0.789. The topological polar surface area (TPSA) is 47.3 Å². The molecule has 0 aromatic heterocycles. The molecule has 0 unspecified atom stereocenters. The molecule has 0 radical (unpaired) electrons. The second kappa shape index (κ2) is 5.72. The number of halogens is 4. The molecule has 0 aliphatic rings. The summed E-state index contributed by atoms with van der Waals surface area (Å²) in [5.74, 6) is -0.851. The van der Waals surface area contributed by atoms with Crippen molar-refractivity contribution in [3.63, 3.8) is 0 Å². The van der Waals surface area contributed by atoms with Gasteiger partial charge >= 0.3 is 6.18 Å². The normalized spacial score (nSPS) is 11.4. The maximum atomic E-state index is 12.9. The van der Waals surface area contributed by atoms with Gasteiger partial charge in [0.2, 0.25) is 0 Å². The van der Waals surface area contributed by atoms with Gasteiger partial charge in [0.1, 0.15) is 11.6 Å². The van der Waals surface area contributed by atoms with Crippen molar-refractivity contribution in [1.82, 2.24) is 0 Å². The van der Waals surface area contributed by atoms with Crippen LogP contribution in [0.3, 0.4) is 0 Å². The zero-order valence-electron chi connectivity index (χ0n) is 8.85. The molecule has 0 spiro atoms. The SMILES string of the molecule is NCCNc1ccc(F)cc1OCC(F)(F)F. The first kappa shape index (κ1) is 13.6. The molecule has 0 aliphatic carbocycles. The standard InChI is InChI=1S/C10H12F4N2O/c11-7-1-2-8(16-4-3-15)9(5-7)17-6-10(12,13)14/h1-2,5,16H,3-4,6,15H2. The van der Waals surface area contributed by atoms with Gasteiger partial charge in [-0.05, 0) is 12.1 Å². The van der Waals surface area contributed by atoms with Gasteiger partial charge in [0.25, 0.3) is 0 Å². The third-order valence-corrected chi connectivity index (χ3v) is 1.79. The fourth-order valence-electron chi connectivity index (χ4n) is 1.13. The largest absolute Gasteiger partial charge is 0.482 e. The van der Waals surface area contributed by atoms with E-state index in [-0.39, 0.29) is 11.4 Å². The van der Waals surface area contributed by atoms with Crippen LogP contribution in [0.15, 0.2) is 18.2 Å². The first-order chi connectivity index (χ1) is 7.92. The first-order valence-electron chi connectivity index (χ1n) is 4.85. The summed E-state index contributed by atoms with van der Waals surface area (Å²) in [4.78, 5) is 0. The minimum atomic E-state index is -4.46. The highest BCUT2D eigenvalue weighted by Crippen LogP contribution is 2.27. The Morgan fingerprint density at radius 2 is 2.00 bits per heavy atom. The molecule has 0 aliphatic heterocycles. The highest BCUT2D eigenvalue weighted by molar-refractivity contribution is 5.56. The predicted molar refractivity (Wildman–Crippen MR) is 55.5 cm³/mol. The summed E-state index contributed by atoms with van der Waals surface area (Å²) in [6.07, 6.45) is -4.46. The maximum Gasteiger partial charge on any atom is 0.422 e. The molecule has 17 heavy (non-hydrogen) atoms. The van der Waals surface area contributed by atoms with Crippen molar-refractivity contribution in [2.45, 2.75) is 6.18 Å². The van der Waals surface area contributed by atoms with Gasteiger partial charge < -0.3 is 15.8 Å². The Kier molecular flexibility index (Phi) is 4.56. The van der Waals surface area contributed by atoms with Crippen molar-refractivity contribution in [2.24, 2.45) is 5.73 Å². The number of ether oxygens (including phenoxy) is 1. The summed E-state index contributed by atoms with van der Waals surface area (Å²) in [5.41, 5.74) is 5.52. The lowest BCUT2D eigenvalue weighted by Crippen LogP contribution is -2.20. The predicted octanol–water partition coefficient (Wildman–Crippen LogP) is 2.14. The van der Waals surface area contributed by atoms with Crippen LogP contribution in [0.4, 0.5) is 23.2 Å². The first-order valence-corrected chi connectivity index (χ1v) is 4.85. The van der Waals surface area contributed by atoms with Crippen molar-refractivity contribution >= 4 is 5.69 Å². The van der Waals surface area contributed by atoms with E-state index < -0.39 is 18.6 Å². The Bertz CT molecular complexity index is 368. The molecule has 96 valence electrons. The van der Waals surface area contributed by atoms with Crippen LogP contribution < -0.4 is 15.8 Å². The van der Waals surface area contributed by atoms with Crippen LogP contribution in [0, 0.1) is 5.82 Å². The average Bonchev–Trinajstić information content (AvgIpc) is 2.24. The number of rotatable bonds is 5. The second-order valence-corrected chi connectivity index (χ2v) is 3.26. The molecule has 0 saturated carbocycles. The second-order valence-electron chi connectivity index (χ2n) is 3.26. The number of hydrogen-bond donors (Lipinski definition) is 2. The zero-order chi connectivity index (χ0) is 12.9. The zero-order valence-corrected chi connectivity index (χ0v) is 8.85. The molecule has 0 fully saturated rings. The number of benzene rings is 1. The lowest BCUT2D eigenvalue weighted by molar-refractivity contribution is -0.153. The Balaban J connectivity index is 2.76. The third kappa shape index (κ3) is 4.90. The van der Waals surface area contributed by atoms with Gasteiger partial charge in [0.15, 0.2) is 6.61 Å². The van der Waals surface area contributed by atoms with Gasteiger partial charge in [0, 0.05) is 19.2 Å². The minimum absolute atomic E-state index is 0.184. The Hall–Kier alpha value is -1.50. The molecule has 7 heteroatoms. The van der Waals surface area contributed by atoms with Crippen LogP contribution in [-0.2, 0) is 0 Å². The molecule has 1 rings (SSSR count). The van der Waals surface area contributed by atoms with Crippen molar-refractivity contribution in [2.75, 3.05) is 25.0 Å². The van der Waals surface area contributed by atoms with Crippen molar-refractivity contribution in [3.05, 3.63) is 24.0 Å². The minimum Gasteiger partial charge on any atom is -0.482 e. The number of hydrogen-bond acceptors (Lipinski definition) is 3. The molecule has 0 saturated heterocycles. The van der Waals surface area contributed by atoms with E-state index >= 15 is 0 Å². The van der Waals surface area contributed by atoms with E-state index in [0.29, 0.717) is 13.1 Å². The Morgan fingerprint density at radius 3 is 2.59 bits per heavy atom. The lowest BCUT2D eigenvalue weighted by atomic mass is 10.3. The third-order valence-electron chi connectivity index (χ3n) is 1.79. The van der Waals surface area contributed by atoms with Gasteiger partial charge in [-0.15, -0.1) is 0 Å². The van der Waals surface area contributed by atoms with E-state index in [1.54, 1.807) is 0 Å². The molecule has 3 nitrogen and oxygen atoms in total. The number of alkyl halides is 3. The molecule has 0 heterocycles. The van der Waals surface area contributed by atoms with E-state index in [0.717, 1.165) is 12.1 Å². The smallest absolute Gasteiger partial charge is 0.422 e. The van der Waals surface area contributed by atoms with Gasteiger partial charge in [-0.1, -0.05) is 0 Å². The summed E-state index contributed by atoms with van der Waals surface area (Å²) >= 11 is 0. The fraction of sp³-hybridized carbons (Fsp3) is 0.400. The monoisotopic (exact) mass is 252 g/mol. The summed E-state index contributed by atoms with van der Waals surface area (Å²) in [6, 6.07) is 3.32. The van der Waals surface area contributed by atoms with Crippen molar-refractivity contribution < 1.29 is 22.3 Å². The van der Waals surface area contributed by atoms with Crippen LogP contribution in [0.2, 0.25) is 0 Å². The highest BCUT2D eigenvalue weighted by Gasteiger charge is 2.28. The van der Waals surface area contributed by atoms with Gasteiger partial charge in [0.05, 0.1) is 5.69 Å². The molecular weight excluding hydrogens is 240 g/mol. The summed E-state index contributed by atoms with van der Waals surface area (Å²) in [7, 11) is 0. The number of nitrogens with one attached hydrogen (secondary N) is 1. The molecule has 1 aromatic carbocycles. The van der Waals surface area contributed by atoms with Gasteiger partial charge in [-0.25, -0.2) is 4.39 Å². The number of nitrogens with two attached hydrogens (primary N) is 1. The van der Waals surface area contributed by atoms with Crippen molar-refractivity contribution in [3.8, 4) is 5.75 Å². The fourth-order valence-corrected chi connectivity index (χ4v) is 1.13. The van der Waals surface area contributed by atoms with Gasteiger partial charge in [-0.2, -0.15) is 13.2 Å².